The Hall–Kier alpha value is -0.810. The summed E-state index contributed by atoms with van der Waals surface area (Å²) in [5.41, 5.74) is 1.14. The first-order valence-corrected chi connectivity index (χ1v) is 4.40. The van der Waals surface area contributed by atoms with E-state index in [4.69, 9.17) is 6.42 Å². The normalized spacial score (nSPS) is 10.1. The van der Waals surface area contributed by atoms with Gasteiger partial charge in [0.2, 0.25) is 0 Å². The largest absolute Gasteiger partial charge is 0.232 e. The summed E-state index contributed by atoms with van der Waals surface area (Å²) >= 11 is 1.60. The molecule has 1 aromatic rings. The Morgan fingerprint density at radius 2 is 2.18 bits per heavy atom. The molecule has 0 aliphatic heterocycles. The highest BCUT2D eigenvalue weighted by Crippen LogP contribution is 2.23. The Morgan fingerprint density at radius 1 is 1.55 bits per heavy atom. The second kappa shape index (κ2) is 3.06. The summed E-state index contributed by atoms with van der Waals surface area (Å²) in [6.45, 7) is 6.32. The zero-order valence-corrected chi connectivity index (χ0v) is 7.83. The highest BCUT2D eigenvalue weighted by atomic mass is 32.1. The number of aryl methyl sites for hydroxylation is 1. The highest BCUT2D eigenvalue weighted by molar-refractivity contribution is 7.12. The topological polar surface area (TPSA) is 12.9 Å². The molecule has 58 valence electrons. The van der Waals surface area contributed by atoms with Gasteiger partial charge in [0.05, 0.1) is 5.69 Å². The van der Waals surface area contributed by atoms with Crippen molar-refractivity contribution in [3.8, 4) is 12.3 Å². The molecule has 1 nitrogen and oxygen atoms in total. The molecule has 0 bridgehead atoms. The third kappa shape index (κ3) is 1.61. The molecule has 0 aliphatic carbocycles. The Bertz CT molecular complexity index is 291. The fourth-order valence-electron chi connectivity index (χ4n) is 1.01. The van der Waals surface area contributed by atoms with Crippen LogP contribution in [0.15, 0.2) is 0 Å². The second-order valence-corrected chi connectivity index (χ2v) is 3.96. The molecule has 1 aromatic heterocycles. The van der Waals surface area contributed by atoms with E-state index in [1.165, 1.54) is 4.88 Å². The summed E-state index contributed by atoms with van der Waals surface area (Å²) in [5, 5.41) is 0.797. The first kappa shape index (κ1) is 8.29. The zero-order valence-electron chi connectivity index (χ0n) is 7.01. The fourth-order valence-corrected chi connectivity index (χ4v) is 1.88. The predicted octanol–water partition coefficient (Wildman–Crippen LogP) is 2.56. The average Bonchev–Trinajstić information content (AvgIpc) is 2.30. The molecule has 11 heavy (non-hydrogen) atoms. The van der Waals surface area contributed by atoms with Gasteiger partial charge >= 0.3 is 0 Å². The molecule has 0 saturated heterocycles. The minimum absolute atomic E-state index is 0.480. The monoisotopic (exact) mass is 165 g/mol. The molecule has 0 spiro atoms. The van der Waals surface area contributed by atoms with E-state index in [0.717, 1.165) is 10.7 Å². The summed E-state index contributed by atoms with van der Waals surface area (Å²) in [4.78, 5) is 5.55. The Kier molecular flexibility index (Phi) is 2.31. The van der Waals surface area contributed by atoms with Gasteiger partial charge in [0.15, 0.2) is 5.01 Å². The molecule has 0 amide bonds. The van der Waals surface area contributed by atoms with Crippen molar-refractivity contribution in [1.82, 2.24) is 4.98 Å². The molecule has 0 radical (unpaired) electrons. The second-order valence-electron chi connectivity index (χ2n) is 2.76. The summed E-state index contributed by atoms with van der Waals surface area (Å²) in [6, 6.07) is 0. The maximum absolute atomic E-state index is 5.23. The van der Waals surface area contributed by atoms with E-state index in [2.05, 4.69) is 31.7 Å². The van der Waals surface area contributed by atoms with Gasteiger partial charge in [0, 0.05) is 4.88 Å². The van der Waals surface area contributed by atoms with E-state index >= 15 is 0 Å². The number of thiazole rings is 1. The minimum atomic E-state index is 0.480. The maximum Gasteiger partial charge on any atom is 0.167 e. The predicted molar refractivity (Wildman–Crippen MR) is 48.9 cm³/mol. The van der Waals surface area contributed by atoms with Crippen LogP contribution in [0, 0.1) is 19.3 Å². The van der Waals surface area contributed by atoms with E-state index in [9.17, 15) is 0 Å². The van der Waals surface area contributed by atoms with Gasteiger partial charge in [-0.05, 0) is 18.8 Å². The molecule has 0 unspecified atom stereocenters. The molecule has 2 heteroatoms. The summed E-state index contributed by atoms with van der Waals surface area (Å²) < 4.78 is 0. The summed E-state index contributed by atoms with van der Waals surface area (Å²) in [6.07, 6.45) is 5.23. The molecule has 0 saturated carbocycles. The van der Waals surface area contributed by atoms with Crippen LogP contribution in [-0.2, 0) is 0 Å². The quantitative estimate of drug-likeness (QED) is 0.583. The van der Waals surface area contributed by atoms with Gasteiger partial charge < -0.3 is 0 Å². The molecule has 0 atom stereocenters. The molecule has 1 heterocycles. The van der Waals surface area contributed by atoms with Crippen molar-refractivity contribution in [3.05, 3.63) is 15.6 Å². The van der Waals surface area contributed by atoms with E-state index in [1.807, 2.05) is 0 Å². The van der Waals surface area contributed by atoms with Crippen molar-refractivity contribution in [2.24, 2.45) is 0 Å². The summed E-state index contributed by atoms with van der Waals surface area (Å²) in [7, 11) is 0. The number of terminal acetylenes is 1. The van der Waals surface area contributed by atoms with Crippen molar-refractivity contribution in [3.63, 3.8) is 0 Å². The standard InChI is InChI=1S/C9H11NS/c1-5-8-10-9(6(2)3)7(4)11-8/h1,6H,2-4H3. The number of aromatic nitrogens is 1. The van der Waals surface area contributed by atoms with Crippen LogP contribution >= 0.6 is 11.3 Å². The molecule has 0 aliphatic rings. The molecular formula is C9H11NS. The van der Waals surface area contributed by atoms with Crippen LogP contribution in [0.4, 0.5) is 0 Å². The minimum Gasteiger partial charge on any atom is -0.232 e. The molecule has 0 aromatic carbocycles. The van der Waals surface area contributed by atoms with Gasteiger partial charge in [-0.1, -0.05) is 13.8 Å². The van der Waals surface area contributed by atoms with Crippen LogP contribution < -0.4 is 0 Å². The van der Waals surface area contributed by atoms with Gasteiger partial charge in [-0.2, -0.15) is 0 Å². The lowest BCUT2D eigenvalue weighted by atomic mass is 10.1. The van der Waals surface area contributed by atoms with Crippen molar-refractivity contribution in [2.75, 3.05) is 0 Å². The number of nitrogens with zero attached hydrogens (tertiary/aromatic N) is 1. The molecule has 0 fully saturated rings. The maximum atomic E-state index is 5.23. The van der Waals surface area contributed by atoms with Crippen LogP contribution in [0.5, 0.6) is 0 Å². The third-order valence-corrected chi connectivity index (χ3v) is 2.42. The van der Waals surface area contributed by atoms with Crippen molar-refractivity contribution in [1.29, 1.82) is 0 Å². The van der Waals surface area contributed by atoms with Crippen molar-refractivity contribution in [2.45, 2.75) is 26.7 Å². The van der Waals surface area contributed by atoms with E-state index in [0.29, 0.717) is 5.92 Å². The van der Waals surface area contributed by atoms with Crippen molar-refractivity contribution >= 4 is 11.3 Å². The fraction of sp³-hybridized carbons (Fsp3) is 0.444. The van der Waals surface area contributed by atoms with Crippen LogP contribution in [0.3, 0.4) is 0 Å². The molecular weight excluding hydrogens is 154 g/mol. The Balaban J connectivity index is 3.09. The molecule has 1 rings (SSSR count). The Labute approximate surface area is 71.5 Å². The van der Waals surface area contributed by atoms with Gasteiger partial charge in [-0.25, -0.2) is 4.98 Å². The number of hydrogen-bond donors (Lipinski definition) is 0. The van der Waals surface area contributed by atoms with Gasteiger partial charge in [0.25, 0.3) is 0 Å². The lowest BCUT2D eigenvalue weighted by Gasteiger charge is -1.98. The van der Waals surface area contributed by atoms with Crippen LogP contribution in [0.25, 0.3) is 0 Å². The zero-order chi connectivity index (χ0) is 8.43. The lowest BCUT2D eigenvalue weighted by molar-refractivity contribution is 0.823. The lowest BCUT2D eigenvalue weighted by Crippen LogP contribution is -1.89. The van der Waals surface area contributed by atoms with Crippen molar-refractivity contribution < 1.29 is 0 Å². The van der Waals surface area contributed by atoms with Gasteiger partial charge in [0.1, 0.15) is 0 Å². The number of hydrogen-bond acceptors (Lipinski definition) is 2. The van der Waals surface area contributed by atoms with E-state index in [1.54, 1.807) is 11.3 Å². The van der Waals surface area contributed by atoms with E-state index < -0.39 is 0 Å². The Morgan fingerprint density at radius 3 is 2.45 bits per heavy atom. The van der Waals surface area contributed by atoms with Gasteiger partial charge in [-0.15, -0.1) is 17.8 Å². The van der Waals surface area contributed by atoms with Crippen LogP contribution in [-0.4, -0.2) is 4.98 Å². The molecule has 0 N–H and O–H groups in total. The highest BCUT2D eigenvalue weighted by Gasteiger charge is 2.08. The SMILES string of the molecule is C#Cc1nc(C(C)C)c(C)s1. The van der Waals surface area contributed by atoms with Crippen LogP contribution in [0.2, 0.25) is 0 Å². The average molecular weight is 165 g/mol. The first-order chi connectivity index (χ1) is 5.15. The van der Waals surface area contributed by atoms with Crippen LogP contribution in [0.1, 0.15) is 35.3 Å². The number of rotatable bonds is 1. The third-order valence-electron chi connectivity index (χ3n) is 1.50. The van der Waals surface area contributed by atoms with E-state index in [-0.39, 0.29) is 0 Å². The smallest absolute Gasteiger partial charge is 0.167 e. The van der Waals surface area contributed by atoms with Gasteiger partial charge in [-0.3, -0.25) is 0 Å². The summed E-state index contributed by atoms with van der Waals surface area (Å²) in [5.74, 6) is 3.03. The first-order valence-electron chi connectivity index (χ1n) is 3.59.